The second-order valence-corrected chi connectivity index (χ2v) is 7.24. The molecule has 0 unspecified atom stereocenters. The van der Waals surface area contributed by atoms with E-state index >= 15 is 0 Å². The Morgan fingerprint density at radius 1 is 1.03 bits per heavy atom. The smallest absolute Gasteiger partial charge is 0.343 e. The fourth-order valence-corrected chi connectivity index (χ4v) is 3.91. The second-order valence-electron chi connectivity index (χ2n) is 7.24. The van der Waals surface area contributed by atoms with Crippen LogP contribution < -0.4 is 5.63 Å². The van der Waals surface area contributed by atoms with Crippen LogP contribution in [0.15, 0.2) is 63.8 Å². The van der Waals surface area contributed by atoms with Crippen LogP contribution in [0.2, 0.25) is 0 Å². The Bertz CT molecular complexity index is 1040. The summed E-state index contributed by atoms with van der Waals surface area (Å²) < 4.78 is 5.52. The molecular formula is C24H27NO4. The summed E-state index contributed by atoms with van der Waals surface area (Å²) in [7, 11) is 0. The Hall–Kier alpha value is -2.92. The Morgan fingerprint density at radius 2 is 1.66 bits per heavy atom. The lowest BCUT2D eigenvalue weighted by Crippen LogP contribution is -2.37. The molecule has 5 heteroatoms. The van der Waals surface area contributed by atoms with Crippen LogP contribution in [0, 0.1) is 5.92 Å². The highest BCUT2D eigenvalue weighted by Gasteiger charge is 2.35. The third-order valence-corrected chi connectivity index (χ3v) is 5.56. The molecule has 0 aliphatic heterocycles. The maximum Gasteiger partial charge on any atom is 0.343 e. The molecule has 0 bridgehead atoms. The summed E-state index contributed by atoms with van der Waals surface area (Å²) in [5.41, 5.74) is 0.662. The number of benzene rings is 2. The van der Waals surface area contributed by atoms with E-state index < -0.39 is 17.5 Å². The number of Topliss-reactive ketones (excluding diaryl/α,β-unsaturated/α-hetero) is 1. The van der Waals surface area contributed by atoms with Crippen molar-refractivity contribution in [1.82, 2.24) is 4.90 Å². The van der Waals surface area contributed by atoms with Gasteiger partial charge in [0.2, 0.25) is 0 Å². The van der Waals surface area contributed by atoms with Gasteiger partial charge in [0.25, 0.3) is 0 Å². The van der Waals surface area contributed by atoms with Gasteiger partial charge in [0.15, 0.2) is 0 Å². The topological polar surface area (TPSA) is 70.8 Å². The molecule has 29 heavy (non-hydrogen) atoms. The normalized spacial score (nSPS) is 13.5. The summed E-state index contributed by atoms with van der Waals surface area (Å²) in [5.74, 6) is -1.24. The van der Waals surface area contributed by atoms with Gasteiger partial charge in [-0.15, -0.1) is 0 Å². The van der Waals surface area contributed by atoms with Gasteiger partial charge in [-0.1, -0.05) is 56.3 Å². The third kappa shape index (κ3) is 4.25. The number of aromatic hydroxyl groups is 1. The van der Waals surface area contributed by atoms with Gasteiger partial charge in [-0.2, -0.15) is 0 Å². The number of hydrogen-bond donors (Lipinski definition) is 1. The number of fused-ring (bicyclic) bond motifs is 1. The van der Waals surface area contributed by atoms with Crippen molar-refractivity contribution < 1.29 is 14.3 Å². The standard InChI is InChI=1S/C24H27NO4/c1-4-25(5-2)15-19(16(3)26)21(17-11-7-6-8-12-17)22-23(27)18-13-9-10-14-20(18)29-24(22)28/h6-14,19,21,27H,4-5,15H2,1-3H3/t19-,21+/m0/s1. The molecule has 2 atom stereocenters. The minimum atomic E-state index is -0.610. The van der Waals surface area contributed by atoms with E-state index in [1.165, 1.54) is 0 Å². The average Bonchev–Trinajstić information content (AvgIpc) is 2.73. The number of carbonyl (C=O) groups excluding carboxylic acids is 1. The number of ketones is 1. The molecule has 1 aromatic heterocycles. The fraction of sp³-hybridized carbons (Fsp3) is 0.333. The molecular weight excluding hydrogens is 366 g/mol. The molecule has 0 saturated heterocycles. The highest BCUT2D eigenvalue weighted by atomic mass is 16.4. The number of rotatable bonds is 8. The zero-order valence-corrected chi connectivity index (χ0v) is 17.1. The Morgan fingerprint density at radius 3 is 2.28 bits per heavy atom. The summed E-state index contributed by atoms with van der Waals surface area (Å²) in [4.78, 5) is 27.9. The van der Waals surface area contributed by atoms with Gasteiger partial charge in [0, 0.05) is 18.4 Å². The van der Waals surface area contributed by atoms with Gasteiger partial charge < -0.3 is 14.4 Å². The van der Waals surface area contributed by atoms with E-state index in [4.69, 9.17) is 4.42 Å². The molecule has 1 heterocycles. The van der Waals surface area contributed by atoms with E-state index in [0.717, 1.165) is 18.7 Å². The Labute approximate surface area is 170 Å². The van der Waals surface area contributed by atoms with Crippen LogP contribution in [0.25, 0.3) is 11.0 Å². The lowest BCUT2D eigenvalue weighted by molar-refractivity contribution is -0.121. The van der Waals surface area contributed by atoms with Crippen molar-refractivity contribution in [2.45, 2.75) is 26.7 Å². The number of para-hydroxylation sites is 1. The maximum atomic E-state index is 13.0. The number of hydrogen-bond acceptors (Lipinski definition) is 5. The highest BCUT2D eigenvalue weighted by molar-refractivity contribution is 5.85. The summed E-state index contributed by atoms with van der Waals surface area (Å²) in [5, 5.41) is 11.5. The molecule has 152 valence electrons. The van der Waals surface area contributed by atoms with Crippen LogP contribution in [0.5, 0.6) is 5.75 Å². The van der Waals surface area contributed by atoms with E-state index in [0.29, 0.717) is 17.5 Å². The number of nitrogens with zero attached hydrogens (tertiary/aromatic N) is 1. The first kappa shape index (κ1) is 20.8. The molecule has 3 rings (SSSR count). The molecule has 2 aromatic carbocycles. The molecule has 5 nitrogen and oxygen atoms in total. The van der Waals surface area contributed by atoms with Crippen molar-refractivity contribution >= 4 is 16.8 Å². The fourth-order valence-electron chi connectivity index (χ4n) is 3.91. The van der Waals surface area contributed by atoms with E-state index in [1.54, 1.807) is 31.2 Å². The summed E-state index contributed by atoms with van der Waals surface area (Å²) in [6.45, 7) is 7.71. The van der Waals surface area contributed by atoms with E-state index in [2.05, 4.69) is 4.90 Å². The predicted molar refractivity (Wildman–Crippen MR) is 114 cm³/mol. The van der Waals surface area contributed by atoms with E-state index in [-0.39, 0.29) is 17.1 Å². The SMILES string of the molecule is CCN(CC)C[C@@H](C(C)=O)[C@@H](c1ccccc1)c1c(O)c2ccccc2oc1=O. The zero-order valence-electron chi connectivity index (χ0n) is 17.1. The summed E-state index contributed by atoms with van der Waals surface area (Å²) in [6, 6.07) is 16.3. The lowest BCUT2D eigenvalue weighted by atomic mass is 9.78. The molecule has 0 amide bonds. The molecule has 0 spiro atoms. The predicted octanol–water partition coefficient (Wildman–Crippen LogP) is 4.18. The monoisotopic (exact) mass is 393 g/mol. The Kier molecular flexibility index (Phi) is 6.49. The molecule has 1 N–H and O–H groups in total. The highest BCUT2D eigenvalue weighted by Crippen LogP contribution is 2.39. The minimum Gasteiger partial charge on any atom is -0.507 e. The van der Waals surface area contributed by atoms with E-state index in [9.17, 15) is 14.7 Å². The average molecular weight is 393 g/mol. The maximum absolute atomic E-state index is 13.0. The van der Waals surface area contributed by atoms with Gasteiger partial charge in [-0.05, 0) is 37.7 Å². The lowest BCUT2D eigenvalue weighted by Gasteiger charge is -2.30. The first-order valence-electron chi connectivity index (χ1n) is 10.00. The Balaban J connectivity index is 2.25. The van der Waals surface area contributed by atoms with Gasteiger partial charge in [-0.3, -0.25) is 4.79 Å². The van der Waals surface area contributed by atoms with Gasteiger partial charge in [0.1, 0.15) is 17.1 Å². The first-order valence-corrected chi connectivity index (χ1v) is 10.00. The van der Waals surface area contributed by atoms with Crippen LogP contribution in [-0.4, -0.2) is 35.4 Å². The second kappa shape index (κ2) is 9.05. The molecule has 0 radical (unpaired) electrons. The molecule has 0 fully saturated rings. The van der Waals surface area contributed by atoms with Crippen molar-refractivity contribution in [3.05, 3.63) is 76.1 Å². The van der Waals surface area contributed by atoms with Crippen LogP contribution in [-0.2, 0) is 4.79 Å². The molecule has 0 saturated carbocycles. The molecule has 0 aliphatic carbocycles. The van der Waals surface area contributed by atoms with Crippen molar-refractivity contribution in [2.75, 3.05) is 19.6 Å². The third-order valence-electron chi connectivity index (χ3n) is 5.56. The van der Waals surface area contributed by atoms with Crippen LogP contribution in [0.1, 0.15) is 37.8 Å². The van der Waals surface area contributed by atoms with Gasteiger partial charge in [-0.25, -0.2) is 4.79 Å². The van der Waals surface area contributed by atoms with Crippen molar-refractivity contribution in [1.29, 1.82) is 0 Å². The molecule has 3 aromatic rings. The van der Waals surface area contributed by atoms with Crippen LogP contribution >= 0.6 is 0 Å². The van der Waals surface area contributed by atoms with Gasteiger partial charge >= 0.3 is 5.63 Å². The largest absolute Gasteiger partial charge is 0.507 e. The van der Waals surface area contributed by atoms with Crippen LogP contribution in [0.3, 0.4) is 0 Å². The first-order chi connectivity index (χ1) is 14.0. The number of carbonyl (C=O) groups is 1. The summed E-state index contributed by atoms with van der Waals surface area (Å²) >= 11 is 0. The molecule has 0 aliphatic rings. The van der Waals surface area contributed by atoms with E-state index in [1.807, 2.05) is 44.2 Å². The quantitative estimate of drug-likeness (QED) is 0.582. The summed E-state index contributed by atoms with van der Waals surface area (Å²) in [6.07, 6.45) is 0. The van der Waals surface area contributed by atoms with Gasteiger partial charge in [0.05, 0.1) is 10.9 Å². The minimum absolute atomic E-state index is 0.0299. The van der Waals surface area contributed by atoms with Crippen molar-refractivity contribution in [3.8, 4) is 5.75 Å². The van der Waals surface area contributed by atoms with Crippen molar-refractivity contribution in [2.24, 2.45) is 5.92 Å². The van der Waals surface area contributed by atoms with Crippen molar-refractivity contribution in [3.63, 3.8) is 0 Å². The van der Waals surface area contributed by atoms with Crippen LogP contribution in [0.4, 0.5) is 0 Å². The zero-order chi connectivity index (χ0) is 21.0.